The number of nitrogens with zero attached hydrogens (tertiary/aromatic N) is 2. The van der Waals surface area contributed by atoms with E-state index < -0.39 is 0 Å². The number of anilines is 1. The molecule has 0 bridgehead atoms. The van der Waals surface area contributed by atoms with Crippen LogP contribution in [0.25, 0.3) is 0 Å². The molecule has 0 N–H and O–H groups in total. The smallest absolute Gasteiger partial charge is 0.128 e. The zero-order chi connectivity index (χ0) is 13.3. The predicted octanol–water partition coefficient (Wildman–Crippen LogP) is 4.00. The zero-order valence-corrected chi connectivity index (χ0v) is 12.4. The minimum atomic E-state index is 0.504. The quantitative estimate of drug-likeness (QED) is 0.784. The SMILES string of the molecule is Cc1ccc(N2CC(C)C[C@H](C)C2)nc1C(C)C. The zero-order valence-electron chi connectivity index (χ0n) is 12.4. The summed E-state index contributed by atoms with van der Waals surface area (Å²) in [4.78, 5) is 7.35. The highest BCUT2D eigenvalue weighted by atomic mass is 15.2. The molecule has 2 heteroatoms. The van der Waals surface area contributed by atoms with Crippen LogP contribution in [0.2, 0.25) is 0 Å². The summed E-state index contributed by atoms with van der Waals surface area (Å²) in [5.41, 5.74) is 2.56. The highest BCUT2D eigenvalue weighted by Crippen LogP contribution is 2.27. The lowest BCUT2D eigenvalue weighted by atomic mass is 9.92. The number of aryl methyl sites for hydroxylation is 1. The van der Waals surface area contributed by atoms with Crippen LogP contribution in [0.1, 0.15) is 51.3 Å². The first kappa shape index (κ1) is 13.4. The second-order valence-electron chi connectivity index (χ2n) is 6.38. The Hall–Kier alpha value is -1.05. The fourth-order valence-electron chi connectivity index (χ4n) is 3.14. The van der Waals surface area contributed by atoms with E-state index >= 15 is 0 Å². The normalized spacial score (nSPS) is 24.7. The van der Waals surface area contributed by atoms with Gasteiger partial charge < -0.3 is 4.90 Å². The maximum atomic E-state index is 4.89. The van der Waals surface area contributed by atoms with E-state index in [2.05, 4.69) is 51.7 Å². The van der Waals surface area contributed by atoms with Crippen molar-refractivity contribution in [1.29, 1.82) is 0 Å². The average molecular weight is 246 g/mol. The Morgan fingerprint density at radius 2 is 1.78 bits per heavy atom. The number of hydrogen-bond donors (Lipinski definition) is 0. The fraction of sp³-hybridized carbons (Fsp3) is 0.688. The summed E-state index contributed by atoms with van der Waals surface area (Å²) in [6, 6.07) is 4.41. The van der Waals surface area contributed by atoms with Crippen molar-refractivity contribution in [3.63, 3.8) is 0 Å². The maximum Gasteiger partial charge on any atom is 0.128 e. The Kier molecular flexibility index (Phi) is 3.94. The molecule has 2 atom stereocenters. The van der Waals surface area contributed by atoms with E-state index in [0.717, 1.165) is 24.9 Å². The molecule has 1 fully saturated rings. The van der Waals surface area contributed by atoms with Gasteiger partial charge in [-0.25, -0.2) is 4.98 Å². The summed E-state index contributed by atoms with van der Waals surface area (Å²) in [5.74, 6) is 3.23. The second kappa shape index (κ2) is 5.29. The van der Waals surface area contributed by atoms with E-state index in [1.165, 1.54) is 23.5 Å². The minimum Gasteiger partial charge on any atom is -0.356 e. The molecule has 0 amide bonds. The Morgan fingerprint density at radius 3 is 2.33 bits per heavy atom. The average Bonchev–Trinajstić information content (AvgIpc) is 2.27. The molecule has 100 valence electrons. The molecule has 18 heavy (non-hydrogen) atoms. The van der Waals surface area contributed by atoms with Crippen LogP contribution in [0, 0.1) is 18.8 Å². The van der Waals surface area contributed by atoms with Gasteiger partial charge in [0.25, 0.3) is 0 Å². The van der Waals surface area contributed by atoms with Crippen molar-refractivity contribution < 1.29 is 0 Å². The van der Waals surface area contributed by atoms with Gasteiger partial charge in [0, 0.05) is 18.8 Å². The molecule has 0 spiro atoms. The van der Waals surface area contributed by atoms with Crippen LogP contribution in [0.3, 0.4) is 0 Å². The molecular formula is C16H26N2. The number of hydrogen-bond acceptors (Lipinski definition) is 2. The Balaban J connectivity index is 2.25. The molecule has 2 heterocycles. The van der Waals surface area contributed by atoms with Crippen LogP contribution in [-0.2, 0) is 0 Å². The Morgan fingerprint density at radius 1 is 1.17 bits per heavy atom. The molecule has 0 aromatic carbocycles. The largest absolute Gasteiger partial charge is 0.356 e. The summed E-state index contributed by atoms with van der Waals surface area (Å²) in [6.45, 7) is 13.6. The third-order valence-electron chi connectivity index (χ3n) is 3.86. The van der Waals surface area contributed by atoms with Crippen LogP contribution < -0.4 is 4.90 Å². The van der Waals surface area contributed by atoms with Gasteiger partial charge in [-0.1, -0.05) is 33.8 Å². The highest BCUT2D eigenvalue weighted by Gasteiger charge is 2.23. The van der Waals surface area contributed by atoms with Crippen molar-refractivity contribution in [3.8, 4) is 0 Å². The fourth-order valence-corrected chi connectivity index (χ4v) is 3.14. The first-order valence-corrected chi connectivity index (χ1v) is 7.20. The van der Waals surface area contributed by atoms with Gasteiger partial charge in [0.1, 0.15) is 5.82 Å². The third-order valence-corrected chi connectivity index (χ3v) is 3.86. The van der Waals surface area contributed by atoms with E-state index in [1.54, 1.807) is 0 Å². The maximum absolute atomic E-state index is 4.89. The molecule has 1 aliphatic heterocycles. The van der Waals surface area contributed by atoms with Crippen LogP contribution in [-0.4, -0.2) is 18.1 Å². The molecule has 0 saturated carbocycles. The van der Waals surface area contributed by atoms with E-state index in [0.29, 0.717) is 5.92 Å². The van der Waals surface area contributed by atoms with Crippen molar-refractivity contribution in [2.45, 2.75) is 47.0 Å². The lowest BCUT2D eigenvalue weighted by Gasteiger charge is -2.36. The third kappa shape index (κ3) is 2.85. The molecule has 1 saturated heterocycles. The number of rotatable bonds is 2. The Bertz CT molecular complexity index is 402. The van der Waals surface area contributed by atoms with Gasteiger partial charge in [-0.05, 0) is 42.7 Å². The molecule has 0 aliphatic carbocycles. The van der Waals surface area contributed by atoms with E-state index in [9.17, 15) is 0 Å². The lowest BCUT2D eigenvalue weighted by Crippen LogP contribution is -2.39. The number of aromatic nitrogens is 1. The van der Waals surface area contributed by atoms with Crippen LogP contribution in [0.5, 0.6) is 0 Å². The van der Waals surface area contributed by atoms with Crippen molar-refractivity contribution >= 4 is 5.82 Å². The van der Waals surface area contributed by atoms with Gasteiger partial charge in [0.15, 0.2) is 0 Å². The summed E-state index contributed by atoms with van der Waals surface area (Å²) >= 11 is 0. The van der Waals surface area contributed by atoms with Gasteiger partial charge in [0.05, 0.1) is 0 Å². The summed E-state index contributed by atoms with van der Waals surface area (Å²) in [6.07, 6.45) is 1.35. The first-order valence-electron chi connectivity index (χ1n) is 7.20. The standard InChI is InChI=1S/C16H26N2/c1-11(2)16-14(5)6-7-15(17-16)18-9-12(3)8-13(4)10-18/h6-7,11-13H,8-10H2,1-5H3/t12-,13?/m0/s1. The van der Waals surface area contributed by atoms with Crippen LogP contribution >= 0.6 is 0 Å². The number of piperidine rings is 1. The van der Waals surface area contributed by atoms with Gasteiger partial charge in [-0.3, -0.25) is 0 Å². The molecule has 2 rings (SSSR count). The highest BCUT2D eigenvalue weighted by molar-refractivity contribution is 5.43. The predicted molar refractivity (Wildman–Crippen MR) is 78.2 cm³/mol. The molecule has 0 radical (unpaired) electrons. The Labute approximate surface area is 111 Å². The lowest BCUT2D eigenvalue weighted by molar-refractivity contribution is 0.355. The first-order chi connectivity index (χ1) is 8.47. The van der Waals surface area contributed by atoms with Crippen molar-refractivity contribution in [2.24, 2.45) is 11.8 Å². The molecule has 2 nitrogen and oxygen atoms in total. The summed E-state index contributed by atoms with van der Waals surface area (Å²) in [7, 11) is 0. The van der Waals surface area contributed by atoms with Crippen molar-refractivity contribution in [1.82, 2.24) is 4.98 Å². The summed E-state index contributed by atoms with van der Waals surface area (Å²) in [5, 5.41) is 0. The van der Waals surface area contributed by atoms with Crippen LogP contribution in [0.15, 0.2) is 12.1 Å². The van der Waals surface area contributed by atoms with Gasteiger partial charge in [0.2, 0.25) is 0 Å². The van der Waals surface area contributed by atoms with Gasteiger partial charge in [-0.15, -0.1) is 0 Å². The van der Waals surface area contributed by atoms with E-state index in [-0.39, 0.29) is 0 Å². The van der Waals surface area contributed by atoms with Crippen molar-refractivity contribution in [3.05, 3.63) is 23.4 Å². The monoisotopic (exact) mass is 246 g/mol. The van der Waals surface area contributed by atoms with E-state index in [4.69, 9.17) is 4.98 Å². The minimum absolute atomic E-state index is 0.504. The summed E-state index contributed by atoms with van der Waals surface area (Å²) < 4.78 is 0. The number of pyridine rings is 1. The second-order valence-corrected chi connectivity index (χ2v) is 6.38. The molecular weight excluding hydrogens is 220 g/mol. The molecule has 1 aliphatic rings. The van der Waals surface area contributed by atoms with Gasteiger partial charge >= 0.3 is 0 Å². The topological polar surface area (TPSA) is 16.1 Å². The van der Waals surface area contributed by atoms with Gasteiger partial charge in [-0.2, -0.15) is 0 Å². The van der Waals surface area contributed by atoms with E-state index in [1.807, 2.05) is 0 Å². The molecule has 1 aromatic heterocycles. The van der Waals surface area contributed by atoms with Crippen molar-refractivity contribution in [2.75, 3.05) is 18.0 Å². The van der Waals surface area contributed by atoms with Crippen LogP contribution in [0.4, 0.5) is 5.82 Å². The molecule has 1 aromatic rings. The molecule has 1 unspecified atom stereocenters.